The van der Waals surface area contributed by atoms with Gasteiger partial charge in [0.25, 0.3) is 11.6 Å². The second-order valence-electron chi connectivity index (χ2n) is 5.72. The molecule has 1 aromatic carbocycles. The third-order valence-corrected chi connectivity index (χ3v) is 3.93. The van der Waals surface area contributed by atoms with E-state index in [1.165, 1.54) is 30.7 Å². The lowest BCUT2D eigenvalue weighted by atomic mass is 10.1. The SMILES string of the molecule is CCCCCCC(C)N(CCO)C(=O)c1ccc([N+](=O)[O-])cc1. The molecule has 0 fully saturated rings. The van der Waals surface area contributed by atoms with Gasteiger partial charge in [0.2, 0.25) is 0 Å². The van der Waals surface area contributed by atoms with E-state index in [4.69, 9.17) is 0 Å². The highest BCUT2D eigenvalue weighted by Gasteiger charge is 2.21. The molecule has 128 valence electrons. The first-order valence-corrected chi connectivity index (χ1v) is 8.17. The van der Waals surface area contributed by atoms with Crippen LogP contribution < -0.4 is 0 Å². The monoisotopic (exact) mass is 322 g/mol. The van der Waals surface area contributed by atoms with E-state index >= 15 is 0 Å². The van der Waals surface area contributed by atoms with Crippen LogP contribution in [0.2, 0.25) is 0 Å². The van der Waals surface area contributed by atoms with Crippen LogP contribution in [-0.4, -0.2) is 40.0 Å². The number of hydrogen-bond donors (Lipinski definition) is 1. The van der Waals surface area contributed by atoms with E-state index in [0.29, 0.717) is 5.56 Å². The fraction of sp³-hybridized carbons (Fsp3) is 0.588. The lowest BCUT2D eigenvalue weighted by Crippen LogP contribution is -2.40. The summed E-state index contributed by atoms with van der Waals surface area (Å²) in [5.41, 5.74) is 0.368. The van der Waals surface area contributed by atoms with Crippen molar-refractivity contribution in [2.45, 2.75) is 52.0 Å². The molecule has 1 amide bonds. The molecule has 1 atom stereocenters. The molecule has 6 nitrogen and oxygen atoms in total. The molecule has 0 aliphatic carbocycles. The third-order valence-electron chi connectivity index (χ3n) is 3.93. The second kappa shape index (κ2) is 9.94. The zero-order valence-corrected chi connectivity index (χ0v) is 13.9. The summed E-state index contributed by atoms with van der Waals surface area (Å²) in [6.07, 6.45) is 5.42. The molecule has 0 aliphatic heterocycles. The van der Waals surface area contributed by atoms with Crippen molar-refractivity contribution in [1.29, 1.82) is 0 Å². The van der Waals surface area contributed by atoms with Crippen molar-refractivity contribution in [3.8, 4) is 0 Å². The number of benzene rings is 1. The fourth-order valence-electron chi connectivity index (χ4n) is 2.54. The first-order chi connectivity index (χ1) is 11.0. The molecule has 1 aromatic rings. The molecule has 0 aliphatic rings. The summed E-state index contributed by atoms with van der Waals surface area (Å²) in [7, 11) is 0. The third kappa shape index (κ3) is 5.98. The maximum Gasteiger partial charge on any atom is 0.269 e. The molecule has 1 N–H and O–H groups in total. The molecule has 6 heteroatoms. The number of unbranched alkanes of at least 4 members (excludes halogenated alkanes) is 3. The van der Waals surface area contributed by atoms with Crippen LogP contribution in [0.25, 0.3) is 0 Å². The lowest BCUT2D eigenvalue weighted by molar-refractivity contribution is -0.384. The maximum atomic E-state index is 12.6. The summed E-state index contributed by atoms with van der Waals surface area (Å²) >= 11 is 0. The molecule has 0 bridgehead atoms. The number of aliphatic hydroxyl groups is 1. The Kier molecular flexibility index (Phi) is 8.26. The van der Waals surface area contributed by atoms with Crippen molar-refractivity contribution in [2.75, 3.05) is 13.2 Å². The van der Waals surface area contributed by atoms with Gasteiger partial charge in [0.1, 0.15) is 0 Å². The van der Waals surface area contributed by atoms with Gasteiger partial charge in [-0.1, -0.05) is 32.6 Å². The van der Waals surface area contributed by atoms with Crippen molar-refractivity contribution in [1.82, 2.24) is 4.90 Å². The van der Waals surface area contributed by atoms with E-state index in [2.05, 4.69) is 6.92 Å². The van der Waals surface area contributed by atoms with Gasteiger partial charge in [-0.3, -0.25) is 14.9 Å². The summed E-state index contributed by atoms with van der Waals surface area (Å²) in [5.74, 6) is -0.197. The molecule has 1 rings (SSSR count). The Morgan fingerprint density at radius 2 is 1.91 bits per heavy atom. The van der Waals surface area contributed by atoms with Crippen LogP contribution in [0.1, 0.15) is 56.3 Å². The Balaban J connectivity index is 2.74. The Morgan fingerprint density at radius 1 is 1.26 bits per heavy atom. The number of aliphatic hydroxyl groups excluding tert-OH is 1. The van der Waals surface area contributed by atoms with Crippen molar-refractivity contribution in [3.63, 3.8) is 0 Å². The van der Waals surface area contributed by atoms with Crippen LogP contribution in [0.3, 0.4) is 0 Å². The van der Waals surface area contributed by atoms with Crippen LogP contribution in [0, 0.1) is 10.1 Å². The molecule has 0 heterocycles. The van der Waals surface area contributed by atoms with Crippen LogP contribution in [0.4, 0.5) is 5.69 Å². The molecular weight excluding hydrogens is 296 g/mol. The largest absolute Gasteiger partial charge is 0.395 e. The van der Waals surface area contributed by atoms with E-state index in [9.17, 15) is 20.0 Å². The summed E-state index contributed by atoms with van der Waals surface area (Å²) in [6, 6.07) is 5.62. The summed E-state index contributed by atoms with van der Waals surface area (Å²) in [6.45, 7) is 4.30. The van der Waals surface area contributed by atoms with Gasteiger partial charge in [-0.05, 0) is 25.5 Å². The van der Waals surface area contributed by atoms with E-state index in [1.807, 2.05) is 6.92 Å². The highest BCUT2D eigenvalue weighted by molar-refractivity contribution is 5.94. The minimum Gasteiger partial charge on any atom is -0.395 e. The normalized spacial score (nSPS) is 12.0. The van der Waals surface area contributed by atoms with Crippen molar-refractivity contribution in [3.05, 3.63) is 39.9 Å². The van der Waals surface area contributed by atoms with Gasteiger partial charge >= 0.3 is 0 Å². The molecule has 0 radical (unpaired) electrons. The zero-order chi connectivity index (χ0) is 17.2. The first kappa shape index (κ1) is 19.1. The summed E-state index contributed by atoms with van der Waals surface area (Å²) in [5, 5.41) is 19.9. The number of hydrogen-bond acceptors (Lipinski definition) is 4. The zero-order valence-electron chi connectivity index (χ0n) is 13.9. The number of non-ortho nitro benzene ring substituents is 1. The molecule has 0 aromatic heterocycles. The van der Waals surface area contributed by atoms with Crippen molar-refractivity contribution < 1.29 is 14.8 Å². The standard InChI is InChI=1S/C17H26N2O4/c1-3-4-5-6-7-14(2)18(12-13-20)17(21)15-8-10-16(11-9-15)19(22)23/h8-11,14,20H,3-7,12-13H2,1-2H3. The molecule has 23 heavy (non-hydrogen) atoms. The highest BCUT2D eigenvalue weighted by atomic mass is 16.6. The molecule has 0 saturated carbocycles. The maximum absolute atomic E-state index is 12.6. The average molecular weight is 322 g/mol. The van der Waals surface area contributed by atoms with E-state index in [-0.39, 0.29) is 30.8 Å². The number of nitrogens with zero attached hydrogens (tertiary/aromatic N) is 2. The van der Waals surface area contributed by atoms with Crippen LogP contribution in [0.5, 0.6) is 0 Å². The van der Waals surface area contributed by atoms with Crippen molar-refractivity contribution in [2.24, 2.45) is 0 Å². The van der Waals surface area contributed by atoms with Gasteiger partial charge in [0, 0.05) is 30.3 Å². The average Bonchev–Trinajstić information content (AvgIpc) is 2.56. The van der Waals surface area contributed by atoms with Crippen LogP contribution in [0.15, 0.2) is 24.3 Å². The minimum atomic E-state index is -0.490. The first-order valence-electron chi connectivity index (χ1n) is 8.17. The minimum absolute atomic E-state index is 0.0294. The number of rotatable bonds is 10. The topological polar surface area (TPSA) is 83.7 Å². The summed E-state index contributed by atoms with van der Waals surface area (Å²) in [4.78, 5) is 24.4. The van der Waals surface area contributed by atoms with Gasteiger partial charge in [-0.2, -0.15) is 0 Å². The van der Waals surface area contributed by atoms with Crippen molar-refractivity contribution >= 4 is 11.6 Å². The van der Waals surface area contributed by atoms with E-state index in [0.717, 1.165) is 25.7 Å². The highest BCUT2D eigenvalue weighted by Crippen LogP contribution is 2.17. The number of amides is 1. The predicted molar refractivity (Wildman–Crippen MR) is 89.4 cm³/mol. The summed E-state index contributed by atoms with van der Waals surface area (Å²) < 4.78 is 0. The Bertz CT molecular complexity index is 502. The van der Waals surface area contributed by atoms with Gasteiger partial charge in [0.15, 0.2) is 0 Å². The number of nitro benzene ring substituents is 1. The Morgan fingerprint density at radius 3 is 2.43 bits per heavy atom. The van der Waals surface area contributed by atoms with Gasteiger partial charge < -0.3 is 10.0 Å². The lowest BCUT2D eigenvalue weighted by Gasteiger charge is -2.29. The molecule has 0 spiro atoms. The van der Waals surface area contributed by atoms with Crippen LogP contribution in [-0.2, 0) is 0 Å². The molecular formula is C17H26N2O4. The smallest absolute Gasteiger partial charge is 0.269 e. The Hall–Kier alpha value is -1.95. The van der Waals surface area contributed by atoms with E-state index in [1.54, 1.807) is 4.90 Å². The van der Waals surface area contributed by atoms with Gasteiger partial charge in [-0.25, -0.2) is 0 Å². The quantitative estimate of drug-likeness (QED) is 0.406. The second-order valence-corrected chi connectivity index (χ2v) is 5.72. The van der Waals surface area contributed by atoms with Gasteiger partial charge in [-0.15, -0.1) is 0 Å². The molecule has 1 unspecified atom stereocenters. The number of carbonyl (C=O) groups excluding carboxylic acids is 1. The predicted octanol–water partition coefficient (Wildman–Crippen LogP) is 3.39. The Labute approximate surface area is 137 Å². The van der Waals surface area contributed by atoms with E-state index < -0.39 is 4.92 Å². The number of nitro groups is 1. The fourth-order valence-corrected chi connectivity index (χ4v) is 2.54. The molecule has 0 saturated heterocycles. The number of carbonyl (C=O) groups is 1. The van der Waals surface area contributed by atoms with Crippen LogP contribution >= 0.6 is 0 Å². The van der Waals surface area contributed by atoms with Gasteiger partial charge in [0.05, 0.1) is 11.5 Å².